The standard InChI is InChI=1S/C19H18N4O3S3/c1-11-9-14-16(29-11)17(25)23(12-3-5-13(26-2)6-4-12)19(21-14)28-10-15(24)22-18-20-7-8-27-18/h3-8,11H,9-10H2,1-2H3,(H,20,22,24)/t11-/m1/s1. The van der Waals surface area contributed by atoms with Gasteiger partial charge in [0.2, 0.25) is 5.91 Å². The summed E-state index contributed by atoms with van der Waals surface area (Å²) in [6.07, 6.45) is 2.38. The molecule has 1 aliphatic heterocycles. The number of fused-ring (bicyclic) bond motifs is 1. The summed E-state index contributed by atoms with van der Waals surface area (Å²) in [6.45, 7) is 2.08. The number of ether oxygens (including phenoxy) is 1. The maximum atomic E-state index is 13.2. The van der Waals surface area contributed by atoms with Crippen LogP contribution in [0.15, 0.2) is 50.7 Å². The SMILES string of the molecule is COc1ccc(-n2c(SCC(=O)Nc3nccs3)nc3c(c2=O)S[C@H](C)C3)cc1. The van der Waals surface area contributed by atoms with Gasteiger partial charge >= 0.3 is 0 Å². The normalized spacial score (nSPS) is 15.2. The van der Waals surface area contributed by atoms with Gasteiger partial charge in [0.25, 0.3) is 5.56 Å². The van der Waals surface area contributed by atoms with E-state index in [1.54, 1.807) is 47.1 Å². The molecule has 0 saturated heterocycles. The Hall–Kier alpha value is -2.30. The summed E-state index contributed by atoms with van der Waals surface area (Å²) in [5, 5.41) is 5.91. The van der Waals surface area contributed by atoms with Crippen LogP contribution in [0.3, 0.4) is 0 Å². The number of aromatic nitrogens is 3. The van der Waals surface area contributed by atoms with E-state index in [-0.39, 0.29) is 17.2 Å². The van der Waals surface area contributed by atoms with Crippen molar-refractivity contribution in [1.29, 1.82) is 0 Å². The largest absolute Gasteiger partial charge is 0.497 e. The van der Waals surface area contributed by atoms with Gasteiger partial charge in [0.1, 0.15) is 5.75 Å². The molecule has 1 aliphatic rings. The van der Waals surface area contributed by atoms with Gasteiger partial charge in [-0.2, -0.15) is 0 Å². The van der Waals surface area contributed by atoms with Crippen molar-refractivity contribution >= 4 is 45.9 Å². The zero-order valence-electron chi connectivity index (χ0n) is 15.7. The number of benzene rings is 1. The highest BCUT2D eigenvalue weighted by atomic mass is 32.2. The highest BCUT2D eigenvalue weighted by molar-refractivity contribution is 8.00. The molecule has 1 aromatic carbocycles. The Labute approximate surface area is 179 Å². The molecular formula is C19H18N4O3S3. The average molecular weight is 447 g/mol. The Morgan fingerprint density at radius 2 is 2.17 bits per heavy atom. The number of carbonyl (C=O) groups excluding carboxylic acids is 1. The smallest absolute Gasteiger partial charge is 0.272 e. The number of nitrogens with one attached hydrogen (secondary N) is 1. The summed E-state index contributed by atoms with van der Waals surface area (Å²) >= 11 is 4.15. The highest BCUT2D eigenvalue weighted by Gasteiger charge is 2.27. The van der Waals surface area contributed by atoms with E-state index in [9.17, 15) is 9.59 Å². The molecule has 3 heterocycles. The third-order valence-electron chi connectivity index (χ3n) is 4.22. The lowest BCUT2D eigenvalue weighted by atomic mass is 10.2. The fourth-order valence-corrected chi connectivity index (χ4v) is 5.40. The third-order valence-corrected chi connectivity index (χ3v) is 7.06. The van der Waals surface area contributed by atoms with Crippen LogP contribution < -0.4 is 15.6 Å². The van der Waals surface area contributed by atoms with Crippen molar-refractivity contribution in [3.05, 3.63) is 51.9 Å². The molecule has 3 aromatic rings. The van der Waals surface area contributed by atoms with E-state index in [4.69, 9.17) is 9.72 Å². The third kappa shape index (κ3) is 4.34. The van der Waals surface area contributed by atoms with Crippen LogP contribution >= 0.6 is 34.9 Å². The number of nitrogens with zero attached hydrogens (tertiary/aromatic N) is 3. The van der Waals surface area contributed by atoms with Crippen LogP contribution in [0.4, 0.5) is 5.13 Å². The molecule has 0 spiro atoms. The van der Waals surface area contributed by atoms with Crippen LogP contribution in [0.1, 0.15) is 12.6 Å². The van der Waals surface area contributed by atoms with E-state index >= 15 is 0 Å². The van der Waals surface area contributed by atoms with Crippen molar-refractivity contribution in [2.24, 2.45) is 0 Å². The Morgan fingerprint density at radius 3 is 2.86 bits per heavy atom. The number of hydrogen-bond donors (Lipinski definition) is 1. The van der Waals surface area contributed by atoms with E-state index in [2.05, 4.69) is 17.2 Å². The van der Waals surface area contributed by atoms with Gasteiger partial charge in [0, 0.05) is 23.2 Å². The molecule has 0 bridgehead atoms. The molecule has 150 valence electrons. The van der Waals surface area contributed by atoms with E-state index < -0.39 is 0 Å². The Bertz CT molecular complexity index is 1080. The molecule has 29 heavy (non-hydrogen) atoms. The van der Waals surface area contributed by atoms with Gasteiger partial charge in [0.05, 0.1) is 29.1 Å². The number of anilines is 1. The second kappa shape index (κ2) is 8.60. The van der Waals surface area contributed by atoms with E-state index in [1.807, 2.05) is 12.1 Å². The maximum absolute atomic E-state index is 13.2. The fourth-order valence-electron chi connectivity index (χ4n) is 2.93. The lowest BCUT2D eigenvalue weighted by molar-refractivity contribution is -0.113. The average Bonchev–Trinajstić information content (AvgIpc) is 3.35. The molecule has 0 aliphatic carbocycles. The van der Waals surface area contributed by atoms with E-state index in [1.165, 1.54) is 23.1 Å². The first-order valence-corrected chi connectivity index (χ1v) is 11.6. The van der Waals surface area contributed by atoms with E-state index in [0.29, 0.717) is 31.9 Å². The molecule has 4 rings (SSSR count). The number of rotatable bonds is 6. The minimum absolute atomic E-state index is 0.0997. The number of thiazole rings is 1. The first kappa shape index (κ1) is 20.0. The Balaban J connectivity index is 1.66. The minimum atomic E-state index is -0.191. The Morgan fingerprint density at radius 1 is 1.38 bits per heavy atom. The molecule has 0 fully saturated rings. The molecule has 0 radical (unpaired) electrons. The summed E-state index contributed by atoms with van der Waals surface area (Å²) in [5.74, 6) is 0.642. The highest BCUT2D eigenvalue weighted by Crippen LogP contribution is 2.35. The summed E-state index contributed by atoms with van der Waals surface area (Å²) < 4.78 is 6.79. The van der Waals surface area contributed by atoms with Crippen molar-refractivity contribution in [2.45, 2.75) is 28.6 Å². The number of hydrogen-bond acceptors (Lipinski definition) is 8. The number of amides is 1. The second-order valence-electron chi connectivity index (χ2n) is 6.32. The number of methoxy groups -OCH3 is 1. The van der Waals surface area contributed by atoms with Crippen molar-refractivity contribution in [3.63, 3.8) is 0 Å². The number of thioether (sulfide) groups is 2. The van der Waals surface area contributed by atoms with Gasteiger partial charge in [0.15, 0.2) is 10.3 Å². The van der Waals surface area contributed by atoms with Crippen LogP contribution in [-0.4, -0.2) is 38.6 Å². The van der Waals surface area contributed by atoms with Crippen molar-refractivity contribution < 1.29 is 9.53 Å². The summed E-state index contributed by atoms with van der Waals surface area (Å²) in [6, 6.07) is 7.23. The van der Waals surface area contributed by atoms with Crippen LogP contribution in [0.5, 0.6) is 5.75 Å². The molecule has 1 N–H and O–H groups in total. The van der Waals surface area contributed by atoms with Crippen molar-refractivity contribution in [2.75, 3.05) is 18.2 Å². The van der Waals surface area contributed by atoms with Crippen LogP contribution in [0, 0.1) is 0 Å². The lowest BCUT2D eigenvalue weighted by Crippen LogP contribution is -2.24. The topological polar surface area (TPSA) is 86.1 Å². The molecule has 7 nitrogen and oxygen atoms in total. The monoisotopic (exact) mass is 446 g/mol. The van der Waals surface area contributed by atoms with Gasteiger partial charge in [-0.25, -0.2) is 9.97 Å². The lowest BCUT2D eigenvalue weighted by Gasteiger charge is -2.14. The quantitative estimate of drug-likeness (QED) is 0.458. The van der Waals surface area contributed by atoms with Crippen LogP contribution in [0.25, 0.3) is 5.69 Å². The van der Waals surface area contributed by atoms with Gasteiger partial charge in [-0.15, -0.1) is 23.1 Å². The van der Waals surface area contributed by atoms with Crippen LogP contribution in [0.2, 0.25) is 0 Å². The van der Waals surface area contributed by atoms with Crippen molar-refractivity contribution in [3.8, 4) is 11.4 Å². The summed E-state index contributed by atoms with van der Waals surface area (Å²) in [4.78, 5) is 35.0. The van der Waals surface area contributed by atoms with Gasteiger partial charge in [-0.1, -0.05) is 18.7 Å². The summed E-state index contributed by atoms with van der Waals surface area (Å²) in [7, 11) is 1.60. The van der Waals surface area contributed by atoms with Crippen molar-refractivity contribution in [1.82, 2.24) is 14.5 Å². The Kier molecular flexibility index (Phi) is 5.93. The zero-order chi connectivity index (χ0) is 20.4. The minimum Gasteiger partial charge on any atom is -0.497 e. The molecule has 0 saturated carbocycles. The summed E-state index contributed by atoms with van der Waals surface area (Å²) in [5.41, 5.74) is 1.39. The molecule has 10 heteroatoms. The molecule has 2 aromatic heterocycles. The van der Waals surface area contributed by atoms with Crippen LogP contribution in [-0.2, 0) is 11.2 Å². The van der Waals surface area contributed by atoms with Gasteiger partial charge in [-0.05, 0) is 24.3 Å². The predicted molar refractivity (Wildman–Crippen MR) is 117 cm³/mol. The molecule has 1 amide bonds. The predicted octanol–water partition coefficient (Wildman–Crippen LogP) is 3.47. The molecule has 0 unspecified atom stereocenters. The fraction of sp³-hybridized carbons (Fsp3) is 0.263. The zero-order valence-corrected chi connectivity index (χ0v) is 18.2. The molecule has 1 atom stereocenters. The second-order valence-corrected chi connectivity index (χ2v) is 9.60. The maximum Gasteiger partial charge on any atom is 0.272 e. The number of carbonyl (C=O) groups is 1. The van der Waals surface area contributed by atoms with Gasteiger partial charge < -0.3 is 10.1 Å². The first-order valence-electron chi connectivity index (χ1n) is 8.84. The van der Waals surface area contributed by atoms with Gasteiger partial charge in [-0.3, -0.25) is 14.2 Å². The first-order chi connectivity index (χ1) is 14.0. The van der Waals surface area contributed by atoms with E-state index in [0.717, 1.165) is 12.1 Å². The molecular weight excluding hydrogens is 428 g/mol.